The maximum Gasteiger partial charge on any atom is 0.287 e. The van der Waals surface area contributed by atoms with Crippen LogP contribution in [0.25, 0.3) is 43.1 Å². The number of aromatic amines is 1. The number of hydrogen-bond acceptors (Lipinski definition) is 18. The van der Waals surface area contributed by atoms with Crippen molar-refractivity contribution in [1.82, 2.24) is 59.0 Å². The molecule has 0 aliphatic heterocycles. The molecular weight excluding hydrogens is 1810 g/mol. The Morgan fingerprint density at radius 1 is 0.384 bits per heavy atom. The van der Waals surface area contributed by atoms with Gasteiger partial charge in [-0.1, -0.05) is 171 Å². The van der Waals surface area contributed by atoms with E-state index in [1.807, 2.05) is 164 Å². The molecule has 31 heteroatoms. The maximum absolute atomic E-state index is 13.1. The first-order valence-corrected chi connectivity index (χ1v) is 47.1. The highest BCUT2D eigenvalue weighted by molar-refractivity contribution is 7.21. The van der Waals surface area contributed by atoms with Crippen LogP contribution in [0.3, 0.4) is 0 Å². The number of aromatic nitrogens is 1. The van der Waals surface area contributed by atoms with Crippen molar-refractivity contribution in [3.05, 3.63) is 370 Å². The van der Waals surface area contributed by atoms with Crippen LogP contribution in [0, 0.1) is 5.92 Å². The molecule has 5 aliphatic rings. The highest BCUT2D eigenvalue weighted by atomic mass is 35.5. The number of benzene rings is 11. The number of H-pyrrole nitrogens is 1. The first-order chi connectivity index (χ1) is 66.9. The number of aryl methyl sites for hydroxylation is 5. The van der Waals surface area contributed by atoms with Crippen LogP contribution in [0.1, 0.15) is 268 Å². The molecule has 0 radical (unpaired) electrons. The average Bonchev–Trinajstić information content (AvgIpc) is 1.62. The van der Waals surface area contributed by atoms with Crippen LogP contribution in [0.5, 0.6) is 5.75 Å². The van der Waals surface area contributed by atoms with Crippen molar-refractivity contribution in [2.45, 2.75) is 146 Å². The van der Waals surface area contributed by atoms with Crippen molar-refractivity contribution in [3.8, 4) is 16.9 Å². The number of nitrogens with one attached hydrogen (secondary N) is 11. The Labute approximate surface area is 808 Å². The summed E-state index contributed by atoms with van der Waals surface area (Å²) in [6.45, 7) is 4.12. The highest BCUT2D eigenvalue weighted by Crippen LogP contribution is 2.41. The van der Waals surface area contributed by atoms with Gasteiger partial charge in [-0.2, -0.15) is 0 Å². The van der Waals surface area contributed by atoms with E-state index in [-0.39, 0.29) is 77.3 Å². The van der Waals surface area contributed by atoms with Gasteiger partial charge in [0.15, 0.2) is 17.1 Å². The van der Waals surface area contributed by atoms with Gasteiger partial charge in [-0.3, -0.25) is 74.0 Å². The van der Waals surface area contributed by atoms with E-state index in [0.717, 1.165) is 195 Å². The molecule has 0 saturated carbocycles. The Kier molecular flexibility index (Phi) is 32.1. The van der Waals surface area contributed by atoms with Crippen molar-refractivity contribution in [2.24, 2.45) is 5.92 Å². The fraction of sp³-hybridized carbons (Fsp3) is 0.234. The van der Waals surface area contributed by atoms with Crippen molar-refractivity contribution in [3.63, 3.8) is 0 Å². The SMILES string of the molecule is CC(C)C(C(=O)NC1CCCc2cc(C(=O)NO)ccc21)c1ccccc1.COc1cccc2cc(C(=O)NC3CCCc4cc(C(=O)NO)ccc43)oc12.O=C(NO)c1ccc2c(c1)CCCC2NC(=O)c1cc2cc(Cl)ccc2[nH]1.O=C(NO)c1ccc2c(c1)CCCC2NC(=O)c1ccc(-c2ccccc2)cc1.O=C(NO)c1ccc2c(c1)CCCC2NC(=O)c1sc2ccccc2c1Cl. The van der Waals surface area contributed by atoms with Gasteiger partial charge in [0.2, 0.25) is 5.91 Å². The number of rotatable bonds is 19. The zero-order valence-corrected chi connectivity index (χ0v) is 77.9. The number of hydrogen-bond donors (Lipinski definition) is 16. The molecule has 708 valence electrons. The van der Waals surface area contributed by atoms with E-state index in [1.54, 1.807) is 119 Å². The van der Waals surface area contributed by atoms with Gasteiger partial charge in [-0.05, 0) is 290 Å². The number of halogens is 2. The van der Waals surface area contributed by atoms with E-state index in [2.05, 4.69) is 45.4 Å². The van der Waals surface area contributed by atoms with Crippen molar-refractivity contribution < 1.29 is 83.1 Å². The number of hydroxylamine groups is 5. The summed E-state index contributed by atoms with van der Waals surface area (Å²) in [7, 11) is 1.56. The zero-order valence-electron chi connectivity index (χ0n) is 75.6. The summed E-state index contributed by atoms with van der Waals surface area (Å²) in [5.74, 6) is -2.63. The summed E-state index contributed by atoms with van der Waals surface area (Å²) < 4.78 is 12.0. The monoisotopic (exact) mass is 1920 g/mol. The molecule has 10 amide bonds. The smallest absolute Gasteiger partial charge is 0.287 e. The summed E-state index contributed by atoms with van der Waals surface area (Å²) in [6.07, 6.45) is 12.9. The molecule has 3 heterocycles. The van der Waals surface area contributed by atoms with Crippen molar-refractivity contribution in [2.75, 3.05) is 7.11 Å². The Hall–Kier alpha value is -14.7. The molecule has 6 unspecified atom stereocenters. The van der Waals surface area contributed by atoms with Crippen LogP contribution in [0.2, 0.25) is 10.0 Å². The molecule has 0 spiro atoms. The van der Waals surface area contributed by atoms with Crippen LogP contribution in [-0.2, 0) is 36.9 Å². The molecule has 0 saturated heterocycles. The van der Waals surface area contributed by atoms with Crippen LogP contribution < -0.4 is 58.7 Å². The number of carbonyl (C=O) groups excluding carboxylic acids is 10. The van der Waals surface area contributed by atoms with Crippen molar-refractivity contribution >= 4 is 126 Å². The standard InChI is InChI=1S/C24H22N2O3.C22H26N2O3.C21H20N2O5.C20H18ClN3O3.C20H17ClN2O3S/c27-23(18-11-9-17(10-12-18)16-5-2-1-3-6-16)25-22-8-4-7-19-15-20(24(28)26-29)13-14-21(19)22;1-14(2)20(15-7-4-3-5-8-15)22(26)23-19-10-6-9-16-13-17(21(25)24-27)11-12-18(16)19;1-27-17-7-3-5-13-11-18(28-19(13)17)21(25)22-16-6-2-4-12-10-14(20(24)23-26)8-9-15(12)16;21-14-5-7-16-13(9-14)10-18(22-16)20(26)23-17-3-1-2-11-8-12(19(25)24-27)4-6-15(11)17;21-17-14-5-1-2-7-16(14)27-18(17)20(25)22-15-6-3-4-11-10-12(19(24)23-26)8-9-13(11)15/h1-3,5-6,9-15,22,29H,4,7-8H2,(H,25,27)(H,26,28);3-5,7-8,11-14,19-20,27H,6,9-10H2,1-2H3,(H,23,26)(H,24,25);3,5,7-11,16,26H,2,4,6H2,1H3,(H,22,25)(H,23,24);4-10,17,22,27H,1-3H2,(H,23,26)(H,24,25);1-2,5,7-10,15,26H,3-4,6H2,(H,22,25)(H,23,24). The lowest BCUT2D eigenvalue weighted by Gasteiger charge is -2.29. The second kappa shape index (κ2) is 45.3. The molecule has 19 rings (SSSR count). The summed E-state index contributed by atoms with van der Waals surface area (Å²) >= 11 is 13.8. The number of furan rings is 1. The number of fused-ring (bicyclic) bond motifs is 8. The molecule has 16 N–H and O–H groups in total. The molecule has 3 aromatic heterocycles. The van der Waals surface area contributed by atoms with Gasteiger partial charge in [-0.15, -0.1) is 11.3 Å². The lowest BCUT2D eigenvalue weighted by Crippen LogP contribution is -2.36. The summed E-state index contributed by atoms with van der Waals surface area (Å²) in [5.41, 5.74) is 26.1. The molecule has 14 aromatic rings. The van der Waals surface area contributed by atoms with Gasteiger partial charge in [0.05, 0.1) is 48.3 Å². The Bertz CT molecular complexity index is 6890. The number of thiophene rings is 1. The van der Waals surface area contributed by atoms with Crippen LogP contribution in [0.4, 0.5) is 0 Å². The first kappa shape index (κ1) is 97.9. The largest absolute Gasteiger partial charge is 0.493 e. The van der Waals surface area contributed by atoms with E-state index in [4.69, 9.17) is 58.4 Å². The minimum absolute atomic E-state index is 0.0335. The molecule has 5 aliphatic carbocycles. The van der Waals surface area contributed by atoms with Gasteiger partial charge in [-0.25, -0.2) is 27.4 Å². The second-order valence-corrected chi connectivity index (χ2v) is 36.5. The Morgan fingerprint density at radius 3 is 1.22 bits per heavy atom. The molecule has 138 heavy (non-hydrogen) atoms. The molecule has 6 atom stereocenters. The molecule has 0 bridgehead atoms. The Morgan fingerprint density at radius 2 is 0.783 bits per heavy atom. The maximum atomic E-state index is 13.1. The quantitative estimate of drug-likeness (QED) is 0.0264. The van der Waals surface area contributed by atoms with Crippen LogP contribution in [0.15, 0.2) is 253 Å². The highest BCUT2D eigenvalue weighted by Gasteiger charge is 2.33. The second-order valence-electron chi connectivity index (χ2n) is 34.6. The third-order valence-electron chi connectivity index (χ3n) is 25.5. The van der Waals surface area contributed by atoms with E-state index < -0.39 is 29.5 Å². The molecular formula is C107H103Cl2N11O17S. The van der Waals surface area contributed by atoms with Crippen molar-refractivity contribution in [1.29, 1.82) is 0 Å². The number of carbonyl (C=O) groups is 10. The number of ether oxygens (including phenoxy) is 1. The predicted octanol–water partition coefficient (Wildman–Crippen LogP) is 19.6. The number of amides is 10. The normalized spacial score (nSPS) is 16.0. The first-order valence-electron chi connectivity index (χ1n) is 45.5. The minimum Gasteiger partial charge on any atom is -0.493 e. The van der Waals surface area contributed by atoms with Gasteiger partial charge in [0, 0.05) is 64.8 Å². The van der Waals surface area contributed by atoms with Gasteiger partial charge in [0.25, 0.3) is 53.2 Å². The lowest BCUT2D eigenvalue weighted by atomic mass is 9.84. The van der Waals surface area contributed by atoms with Crippen LogP contribution in [-0.4, -0.2) is 97.2 Å². The fourth-order valence-electron chi connectivity index (χ4n) is 18.7. The lowest BCUT2D eigenvalue weighted by molar-refractivity contribution is -0.124. The third kappa shape index (κ3) is 23.0. The molecule has 0 fully saturated rings. The van der Waals surface area contributed by atoms with Gasteiger partial charge >= 0.3 is 0 Å². The van der Waals surface area contributed by atoms with E-state index in [9.17, 15) is 47.9 Å². The summed E-state index contributed by atoms with van der Waals surface area (Å²) in [5, 5.41) is 63.3. The summed E-state index contributed by atoms with van der Waals surface area (Å²) in [4.78, 5) is 126. The summed E-state index contributed by atoms with van der Waals surface area (Å²) in [6, 6.07) is 75.5. The third-order valence-corrected chi connectivity index (χ3v) is 27.4. The zero-order chi connectivity index (χ0) is 97.2. The fourth-order valence-corrected chi connectivity index (χ4v) is 20.3. The predicted molar refractivity (Wildman–Crippen MR) is 524 cm³/mol. The van der Waals surface area contributed by atoms with Crippen LogP contribution >= 0.6 is 34.5 Å². The molecule has 28 nitrogen and oxygen atoms in total. The molecule has 11 aromatic carbocycles. The number of para-hydroxylation sites is 1. The van der Waals surface area contributed by atoms with E-state index in [1.165, 1.54) is 11.3 Å². The van der Waals surface area contributed by atoms with Gasteiger partial charge in [0.1, 0.15) is 10.6 Å². The van der Waals surface area contributed by atoms with Gasteiger partial charge < -0.3 is 40.7 Å². The van der Waals surface area contributed by atoms with E-state index in [0.29, 0.717) is 65.3 Å². The number of methoxy groups -OCH3 is 1. The topological polar surface area (TPSA) is 430 Å². The average molecular weight is 1920 g/mol. The minimum atomic E-state index is -0.551. The van der Waals surface area contributed by atoms with E-state index >= 15 is 0 Å². The Balaban J connectivity index is 0.000000131.